The Hall–Kier alpha value is -4.13. The summed E-state index contributed by atoms with van der Waals surface area (Å²) in [6.07, 6.45) is 0. The van der Waals surface area contributed by atoms with E-state index in [4.69, 9.17) is 9.47 Å². The first-order valence-electron chi connectivity index (χ1n) is 10.6. The Labute approximate surface area is 193 Å². The Bertz CT molecular complexity index is 1110. The van der Waals surface area contributed by atoms with Crippen LogP contribution in [0.1, 0.15) is 30.5 Å². The van der Waals surface area contributed by atoms with Crippen molar-refractivity contribution in [3.63, 3.8) is 0 Å². The molecule has 0 atom stereocenters. The Morgan fingerprint density at radius 2 is 1.42 bits per heavy atom. The molecule has 0 spiro atoms. The van der Waals surface area contributed by atoms with Gasteiger partial charge >= 0.3 is 11.8 Å². The Morgan fingerprint density at radius 3 is 2.06 bits per heavy atom. The van der Waals surface area contributed by atoms with Crippen LogP contribution in [0.2, 0.25) is 0 Å². The number of hydrogen-bond donors (Lipinski definition) is 2. The van der Waals surface area contributed by atoms with Gasteiger partial charge in [-0.3, -0.25) is 9.59 Å². The number of amides is 2. The van der Waals surface area contributed by atoms with Crippen LogP contribution in [0.5, 0.6) is 11.5 Å². The van der Waals surface area contributed by atoms with Crippen LogP contribution in [-0.2, 0) is 16.2 Å². The molecule has 0 bridgehead atoms. The number of ether oxygens (including phenoxy) is 2. The molecule has 2 amide bonds. The third-order valence-electron chi connectivity index (χ3n) is 4.75. The minimum Gasteiger partial charge on any atom is -0.494 e. The van der Waals surface area contributed by atoms with Crippen molar-refractivity contribution in [2.75, 3.05) is 11.9 Å². The minimum absolute atomic E-state index is 0.478. The maximum atomic E-state index is 12.1. The lowest BCUT2D eigenvalue weighted by molar-refractivity contribution is -0.136. The SMILES string of the molecule is CCOc1ccc(NC(=O)C(=O)N/N=C(\C)c2ccc(OCc3ccc(C)cc3)cc2)cc1. The molecule has 0 aliphatic carbocycles. The molecule has 7 heteroatoms. The van der Waals surface area contributed by atoms with Crippen LogP contribution >= 0.6 is 0 Å². The summed E-state index contributed by atoms with van der Waals surface area (Å²) in [6.45, 7) is 6.70. The Balaban J connectivity index is 1.50. The van der Waals surface area contributed by atoms with Crippen molar-refractivity contribution in [1.82, 2.24) is 5.43 Å². The van der Waals surface area contributed by atoms with E-state index in [-0.39, 0.29) is 0 Å². The molecule has 0 aliphatic heterocycles. The highest BCUT2D eigenvalue weighted by atomic mass is 16.5. The highest BCUT2D eigenvalue weighted by Gasteiger charge is 2.13. The van der Waals surface area contributed by atoms with E-state index in [1.807, 2.05) is 62.4 Å². The summed E-state index contributed by atoms with van der Waals surface area (Å²) < 4.78 is 11.2. The zero-order valence-electron chi connectivity index (χ0n) is 18.9. The lowest BCUT2D eigenvalue weighted by atomic mass is 10.1. The predicted molar refractivity (Wildman–Crippen MR) is 129 cm³/mol. The van der Waals surface area contributed by atoms with E-state index in [9.17, 15) is 9.59 Å². The number of hydrogen-bond acceptors (Lipinski definition) is 5. The third-order valence-corrected chi connectivity index (χ3v) is 4.75. The molecule has 0 fully saturated rings. The zero-order valence-corrected chi connectivity index (χ0v) is 18.9. The number of aryl methyl sites for hydroxylation is 1. The lowest BCUT2D eigenvalue weighted by Gasteiger charge is -2.08. The van der Waals surface area contributed by atoms with Crippen molar-refractivity contribution in [3.05, 3.63) is 89.5 Å². The smallest absolute Gasteiger partial charge is 0.329 e. The summed E-state index contributed by atoms with van der Waals surface area (Å²) in [5.74, 6) is -0.255. The van der Waals surface area contributed by atoms with Crippen molar-refractivity contribution < 1.29 is 19.1 Å². The number of nitrogens with one attached hydrogen (secondary N) is 2. The van der Waals surface area contributed by atoms with Gasteiger partial charge in [-0.05, 0) is 80.4 Å². The molecule has 7 nitrogen and oxygen atoms in total. The number of benzene rings is 3. The Morgan fingerprint density at radius 1 is 0.818 bits per heavy atom. The average Bonchev–Trinajstić information content (AvgIpc) is 2.83. The van der Waals surface area contributed by atoms with E-state index < -0.39 is 11.8 Å². The van der Waals surface area contributed by atoms with Gasteiger partial charge in [-0.15, -0.1) is 0 Å². The molecule has 0 radical (unpaired) electrons. The lowest BCUT2D eigenvalue weighted by Crippen LogP contribution is -2.32. The second kappa shape index (κ2) is 11.5. The van der Waals surface area contributed by atoms with E-state index in [0.29, 0.717) is 30.4 Å². The summed E-state index contributed by atoms with van der Waals surface area (Å²) in [5, 5.41) is 6.54. The van der Waals surface area contributed by atoms with Crippen LogP contribution < -0.4 is 20.2 Å². The number of nitrogens with zero attached hydrogens (tertiary/aromatic N) is 1. The van der Waals surface area contributed by atoms with Gasteiger partial charge in [0.1, 0.15) is 18.1 Å². The molecule has 0 saturated carbocycles. The first kappa shape index (κ1) is 23.5. The van der Waals surface area contributed by atoms with Crippen molar-refractivity contribution >= 4 is 23.2 Å². The molecular weight excluding hydrogens is 418 g/mol. The largest absolute Gasteiger partial charge is 0.494 e. The molecule has 170 valence electrons. The molecule has 0 aliphatic rings. The fraction of sp³-hybridized carbons (Fsp3) is 0.192. The summed E-state index contributed by atoms with van der Waals surface area (Å²) in [6, 6.07) is 22.3. The molecule has 3 aromatic carbocycles. The van der Waals surface area contributed by atoms with E-state index in [0.717, 1.165) is 16.9 Å². The van der Waals surface area contributed by atoms with Gasteiger partial charge in [0.2, 0.25) is 0 Å². The Kier molecular flexibility index (Phi) is 8.18. The normalized spacial score (nSPS) is 10.9. The van der Waals surface area contributed by atoms with Gasteiger partial charge in [0.25, 0.3) is 0 Å². The monoisotopic (exact) mass is 445 g/mol. The van der Waals surface area contributed by atoms with E-state index in [1.165, 1.54) is 5.56 Å². The molecule has 2 N–H and O–H groups in total. The van der Waals surface area contributed by atoms with Gasteiger partial charge in [-0.1, -0.05) is 29.8 Å². The van der Waals surface area contributed by atoms with Crippen LogP contribution in [-0.4, -0.2) is 24.1 Å². The predicted octanol–water partition coefficient (Wildman–Crippen LogP) is 4.45. The molecule has 3 aromatic rings. The first-order chi connectivity index (χ1) is 15.9. The van der Waals surface area contributed by atoms with Crippen molar-refractivity contribution in [2.24, 2.45) is 5.10 Å². The molecule has 0 heterocycles. The van der Waals surface area contributed by atoms with Crippen LogP contribution in [0.4, 0.5) is 5.69 Å². The highest BCUT2D eigenvalue weighted by molar-refractivity contribution is 6.39. The number of carbonyl (C=O) groups excluding carboxylic acids is 2. The maximum Gasteiger partial charge on any atom is 0.329 e. The number of hydrazone groups is 1. The molecule has 33 heavy (non-hydrogen) atoms. The highest BCUT2D eigenvalue weighted by Crippen LogP contribution is 2.16. The van der Waals surface area contributed by atoms with Gasteiger partial charge in [0.05, 0.1) is 12.3 Å². The number of carbonyl (C=O) groups is 2. The quantitative estimate of drug-likeness (QED) is 0.305. The molecular formula is C26H27N3O4. The third kappa shape index (κ3) is 7.21. The van der Waals surface area contributed by atoms with Crippen LogP contribution in [0, 0.1) is 6.92 Å². The van der Waals surface area contributed by atoms with Crippen molar-refractivity contribution in [3.8, 4) is 11.5 Å². The maximum absolute atomic E-state index is 12.1. The molecule has 0 unspecified atom stereocenters. The minimum atomic E-state index is -0.860. The standard InChI is InChI=1S/C26H27N3O4/c1-4-32-23-15-11-22(12-16-23)27-25(30)26(31)29-28-19(3)21-9-13-24(14-10-21)33-17-20-7-5-18(2)6-8-20/h5-16H,4,17H2,1-3H3,(H,27,30)(H,29,31)/b28-19+. The average molecular weight is 446 g/mol. The number of anilines is 1. The van der Waals surface area contributed by atoms with Crippen LogP contribution in [0.25, 0.3) is 0 Å². The summed E-state index contributed by atoms with van der Waals surface area (Å²) in [7, 11) is 0. The van der Waals surface area contributed by atoms with Gasteiger partial charge in [0, 0.05) is 5.69 Å². The van der Waals surface area contributed by atoms with Gasteiger partial charge < -0.3 is 14.8 Å². The molecule has 0 saturated heterocycles. The number of rotatable bonds is 8. The van der Waals surface area contributed by atoms with Crippen LogP contribution in [0.15, 0.2) is 77.9 Å². The fourth-order valence-electron chi connectivity index (χ4n) is 2.88. The van der Waals surface area contributed by atoms with Gasteiger partial charge in [-0.25, -0.2) is 5.43 Å². The second-order valence-electron chi connectivity index (χ2n) is 7.35. The van der Waals surface area contributed by atoms with Gasteiger partial charge in [-0.2, -0.15) is 5.10 Å². The molecule has 0 aromatic heterocycles. The molecule has 3 rings (SSSR count). The summed E-state index contributed by atoms with van der Waals surface area (Å²) >= 11 is 0. The van der Waals surface area contributed by atoms with Crippen molar-refractivity contribution in [2.45, 2.75) is 27.4 Å². The van der Waals surface area contributed by atoms with Crippen molar-refractivity contribution in [1.29, 1.82) is 0 Å². The fourth-order valence-corrected chi connectivity index (χ4v) is 2.88. The summed E-state index contributed by atoms with van der Waals surface area (Å²) in [5.41, 5.74) is 6.42. The second-order valence-corrected chi connectivity index (χ2v) is 7.35. The van der Waals surface area contributed by atoms with E-state index >= 15 is 0 Å². The van der Waals surface area contributed by atoms with E-state index in [2.05, 4.69) is 15.8 Å². The summed E-state index contributed by atoms with van der Waals surface area (Å²) in [4.78, 5) is 24.2. The topological polar surface area (TPSA) is 89.0 Å². The first-order valence-corrected chi connectivity index (χ1v) is 10.6. The van der Waals surface area contributed by atoms with Crippen LogP contribution in [0.3, 0.4) is 0 Å². The zero-order chi connectivity index (χ0) is 23.6. The van der Waals surface area contributed by atoms with E-state index in [1.54, 1.807) is 31.2 Å². The van der Waals surface area contributed by atoms with Gasteiger partial charge in [0.15, 0.2) is 0 Å².